The summed E-state index contributed by atoms with van der Waals surface area (Å²) >= 11 is 0. The molecule has 1 aliphatic rings. The van der Waals surface area contributed by atoms with Crippen LogP contribution in [-0.4, -0.2) is 49.6 Å². The van der Waals surface area contributed by atoms with E-state index in [1.807, 2.05) is 0 Å². The number of nitrogens with zero attached hydrogens (tertiary/aromatic N) is 1. The Morgan fingerprint density at radius 1 is 1.25 bits per heavy atom. The van der Waals surface area contributed by atoms with Crippen molar-refractivity contribution in [2.45, 2.75) is 18.9 Å². The topological polar surface area (TPSA) is 67.9 Å². The van der Waals surface area contributed by atoms with E-state index in [4.69, 9.17) is 9.47 Å². The molecule has 0 spiro atoms. The first-order chi connectivity index (χ1) is 13.5. The summed E-state index contributed by atoms with van der Waals surface area (Å²) in [6, 6.07) is 12.9. The second-order valence-electron chi connectivity index (χ2n) is 6.58. The zero-order chi connectivity index (χ0) is 19.9. The minimum Gasteiger partial charge on any atom is -0.489 e. The van der Waals surface area contributed by atoms with Crippen LogP contribution < -0.4 is 10.1 Å². The molecule has 2 amide bonds. The van der Waals surface area contributed by atoms with E-state index in [2.05, 4.69) is 5.32 Å². The Balaban J connectivity index is 1.54. The van der Waals surface area contributed by atoms with Crippen molar-refractivity contribution in [1.82, 2.24) is 4.90 Å². The maximum Gasteiger partial charge on any atom is 0.253 e. The van der Waals surface area contributed by atoms with Gasteiger partial charge in [-0.3, -0.25) is 9.59 Å². The summed E-state index contributed by atoms with van der Waals surface area (Å²) in [5.41, 5.74) is 0.987. The molecule has 7 heteroatoms. The van der Waals surface area contributed by atoms with Crippen molar-refractivity contribution in [3.8, 4) is 5.75 Å². The number of halogens is 1. The molecule has 148 valence electrons. The molecule has 3 rings (SSSR count). The Morgan fingerprint density at radius 2 is 2.07 bits per heavy atom. The van der Waals surface area contributed by atoms with Crippen LogP contribution >= 0.6 is 0 Å². The summed E-state index contributed by atoms with van der Waals surface area (Å²) in [5, 5.41) is 2.79. The summed E-state index contributed by atoms with van der Waals surface area (Å²) in [6.07, 6.45) is 1.14. The van der Waals surface area contributed by atoms with Crippen LogP contribution in [0.25, 0.3) is 0 Å². The highest BCUT2D eigenvalue weighted by atomic mass is 19.1. The lowest BCUT2D eigenvalue weighted by Crippen LogP contribution is -2.31. The third kappa shape index (κ3) is 5.07. The number of anilines is 1. The van der Waals surface area contributed by atoms with Gasteiger partial charge < -0.3 is 19.7 Å². The molecule has 2 aromatic carbocycles. The molecule has 0 aromatic heterocycles. The molecule has 28 heavy (non-hydrogen) atoms. The first-order valence-electron chi connectivity index (χ1n) is 9.20. The van der Waals surface area contributed by atoms with Gasteiger partial charge in [0.1, 0.15) is 12.7 Å². The zero-order valence-corrected chi connectivity index (χ0v) is 15.7. The molecule has 1 saturated heterocycles. The second-order valence-corrected chi connectivity index (χ2v) is 6.58. The van der Waals surface area contributed by atoms with Crippen molar-refractivity contribution < 1.29 is 23.5 Å². The van der Waals surface area contributed by atoms with E-state index in [0.717, 1.165) is 6.42 Å². The monoisotopic (exact) mass is 386 g/mol. The smallest absolute Gasteiger partial charge is 0.253 e. The lowest BCUT2D eigenvalue weighted by Gasteiger charge is -2.18. The van der Waals surface area contributed by atoms with Gasteiger partial charge in [-0.1, -0.05) is 18.2 Å². The number of amides is 2. The van der Waals surface area contributed by atoms with E-state index in [-0.39, 0.29) is 24.2 Å². The summed E-state index contributed by atoms with van der Waals surface area (Å²) < 4.78 is 24.3. The lowest BCUT2D eigenvalue weighted by atomic mass is 10.1. The molecule has 1 unspecified atom stereocenters. The molecule has 6 nitrogen and oxygen atoms in total. The van der Waals surface area contributed by atoms with E-state index in [9.17, 15) is 14.0 Å². The Hall–Kier alpha value is -2.93. The van der Waals surface area contributed by atoms with Crippen LogP contribution in [0, 0.1) is 5.82 Å². The van der Waals surface area contributed by atoms with Gasteiger partial charge in [-0.25, -0.2) is 4.39 Å². The van der Waals surface area contributed by atoms with Gasteiger partial charge in [0.2, 0.25) is 0 Å². The molecular weight excluding hydrogens is 363 g/mol. The minimum absolute atomic E-state index is 0.155. The number of para-hydroxylation sites is 1. The molecule has 1 fully saturated rings. The van der Waals surface area contributed by atoms with Crippen LogP contribution in [0.2, 0.25) is 0 Å². The summed E-state index contributed by atoms with van der Waals surface area (Å²) in [7, 11) is 1.64. The molecule has 1 aliphatic heterocycles. The van der Waals surface area contributed by atoms with Gasteiger partial charge in [0.25, 0.3) is 11.8 Å². The summed E-state index contributed by atoms with van der Waals surface area (Å²) in [6.45, 7) is 1.05. The number of ether oxygens (including phenoxy) is 2. The fraction of sp³-hybridized carbons (Fsp3) is 0.333. The van der Waals surface area contributed by atoms with Gasteiger partial charge >= 0.3 is 0 Å². The van der Waals surface area contributed by atoms with Crippen LogP contribution in [0.15, 0.2) is 48.5 Å². The van der Waals surface area contributed by atoms with Gasteiger partial charge in [0, 0.05) is 24.9 Å². The van der Waals surface area contributed by atoms with Crippen molar-refractivity contribution in [3.05, 3.63) is 59.9 Å². The number of likely N-dealkylation sites (N-methyl/N-ethyl adjacent to an activating group) is 1. The van der Waals surface area contributed by atoms with E-state index in [0.29, 0.717) is 30.8 Å². The predicted molar refractivity (Wildman–Crippen MR) is 103 cm³/mol. The molecule has 1 atom stereocenters. The zero-order valence-electron chi connectivity index (χ0n) is 15.7. The number of rotatable bonds is 7. The quantitative estimate of drug-likeness (QED) is 0.794. The average molecular weight is 386 g/mol. The van der Waals surface area contributed by atoms with Crippen LogP contribution in [0.3, 0.4) is 0 Å². The maximum absolute atomic E-state index is 13.5. The van der Waals surface area contributed by atoms with E-state index in [1.165, 1.54) is 17.0 Å². The number of carbonyl (C=O) groups excluding carboxylic acids is 2. The Bertz CT molecular complexity index is 837. The fourth-order valence-electron chi connectivity index (χ4n) is 2.91. The first-order valence-corrected chi connectivity index (χ1v) is 9.20. The molecule has 0 bridgehead atoms. The maximum atomic E-state index is 13.5. The van der Waals surface area contributed by atoms with Gasteiger partial charge in [0.05, 0.1) is 6.54 Å². The highest BCUT2D eigenvalue weighted by Gasteiger charge is 2.23. The minimum atomic E-state index is -0.439. The second kappa shape index (κ2) is 9.32. The van der Waals surface area contributed by atoms with Gasteiger partial charge in [0.15, 0.2) is 11.6 Å². The van der Waals surface area contributed by atoms with Gasteiger partial charge in [-0.2, -0.15) is 0 Å². The van der Waals surface area contributed by atoms with Crippen molar-refractivity contribution in [3.63, 3.8) is 0 Å². The predicted octanol–water partition coefficient (Wildman–Crippen LogP) is 3.09. The molecule has 1 heterocycles. The standard InChI is InChI=1S/C21H23FN2O4/c1-24(11-13-28-18-9-3-2-8-17(18)22)21(26)15-6-4-7-16(14-15)23-20(25)19-10-5-12-27-19/h2-4,6-9,14,19H,5,10-13H2,1H3,(H,23,25). The fourth-order valence-corrected chi connectivity index (χ4v) is 2.91. The Morgan fingerprint density at radius 3 is 2.82 bits per heavy atom. The van der Waals surface area contributed by atoms with Crippen molar-refractivity contribution in [2.75, 3.05) is 32.1 Å². The number of nitrogens with one attached hydrogen (secondary N) is 1. The van der Waals surface area contributed by atoms with Crippen LogP contribution in [0.1, 0.15) is 23.2 Å². The van der Waals surface area contributed by atoms with E-state index in [1.54, 1.807) is 43.4 Å². The molecule has 0 aliphatic carbocycles. The lowest BCUT2D eigenvalue weighted by molar-refractivity contribution is -0.124. The molecule has 0 saturated carbocycles. The SMILES string of the molecule is CN(CCOc1ccccc1F)C(=O)c1cccc(NC(=O)C2CCCO2)c1. The largest absolute Gasteiger partial charge is 0.489 e. The third-order valence-electron chi connectivity index (χ3n) is 4.47. The first kappa shape index (κ1) is 19.8. The Kier molecular flexibility index (Phi) is 6.60. The van der Waals surface area contributed by atoms with Crippen molar-refractivity contribution >= 4 is 17.5 Å². The summed E-state index contributed by atoms with van der Waals surface area (Å²) in [4.78, 5) is 26.2. The van der Waals surface area contributed by atoms with Crippen LogP contribution in [0.4, 0.5) is 10.1 Å². The van der Waals surface area contributed by atoms with Crippen molar-refractivity contribution in [1.29, 1.82) is 0 Å². The summed E-state index contributed by atoms with van der Waals surface area (Å²) in [5.74, 6) is -0.701. The third-order valence-corrected chi connectivity index (χ3v) is 4.47. The van der Waals surface area contributed by atoms with Gasteiger partial charge in [-0.05, 0) is 43.2 Å². The molecule has 2 aromatic rings. The number of hydrogen-bond acceptors (Lipinski definition) is 4. The molecule has 0 radical (unpaired) electrons. The normalized spacial score (nSPS) is 15.9. The Labute approximate surface area is 163 Å². The van der Waals surface area contributed by atoms with E-state index < -0.39 is 11.9 Å². The molecular formula is C21H23FN2O4. The number of carbonyl (C=O) groups is 2. The average Bonchev–Trinajstić information content (AvgIpc) is 3.24. The highest BCUT2D eigenvalue weighted by Crippen LogP contribution is 2.18. The molecule has 1 N–H and O–H groups in total. The van der Waals surface area contributed by atoms with E-state index >= 15 is 0 Å². The number of benzene rings is 2. The van der Waals surface area contributed by atoms with Crippen molar-refractivity contribution in [2.24, 2.45) is 0 Å². The number of hydrogen-bond donors (Lipinski definition) is 1. The van der Waals surface area contributed by atoms with Gasteiger partial charge in [-0.15, -0.1) is 0 Å². The van der Waals surface area contributed by atoms with Crippen LogP contribution in [0.5, 0.6) is 5.75 Å². The van der Waals surface area contributed by atoms with Crippen LogP contribution in [-0.2, 0) is 9.53 Å². The highest BCUT2D eigenvalue weighted by molar-refractivity contribution is 5.98.